The van der Waals surface area contributed by atoms with E-state index in [1.165, 1.54) is 0 Å². The van der Waals surface area contributed by atoms with Crippen molar-refractivity contribution >= 4 is 11.3 Å². The van der Waals surface area contributed by atoms with E-state index in [2.05, 4.69) is 5.32 Å². The highest BCUT2D eigenvalue weighted by Crippen LogP contribution is 2.38. The van der Waals surface area contributed by atoms with Crippen molar-refractivity contribution in [3.63, 3.8) is 0 Å². The molecule has 2 rings (SSSR count). The van der Waals surface area contributed by atoms with Crippen LogP contribution in [0.25, 0.3) is 0 Å². The number of rotatable bonds is 0. The SMILES string of the molecule is FC1(F)CCNCc2ccsc21. The second-order valence-corrected chi connectivity index (χ2v) is 3.82. The lowest BCUT2D eigenvalue weighted by Crippen LogP contribution is -2.16. The van der Waals surface area contributed by atoms with Gasteiger partial charge in [-0.1, -0.05) is 0 Å². The van der Waals surface area contributed by atoms with Gasteiger partial charge >= 0.3 is 0 Å². The lowest BCUT2D eigenvalue weighted by Gasteiger charge is -2.12. The molecule has 4 heteroatoms. The van der Waals surface area contributed by atoms with Gasteiger partial charge < -0.3 is 5.32 Å². The van der Waals surface area contributed by atoms with Crippen LogP contribution in [-0.2, 0) is 12.5 Å². The van der Waals surface area contributed by atoms with Crippen molar-refractivity contribution in [2.24, 2.45) is 0 Å². The topological polar surface area (TPSA) is 12.0 Å². The van der Waals surface area contributed by atoms with Crippen LogP contribution < -0.4 is 5.32 Å². The Bertz CT molecular complexity index is 282. The summed E-state index contributed by atoms with van der Waals surface area (Å²) in [6.07, 6.45) is -0.0828. The van der Waals surface area contributed by atoms with Crippen molar-refractivity contribution in [3.05, 3.63) is 21.9 Å². The first-order valence-corrected chi connectivity index (χ1v) is 4.73. The van der Waals surface area contributed by atoms with E-state index in [0.717, 1.165) is 16.9 Å². The lowest BCUT2D eigenvalue weighted by atomic mass is 10.1. The van der Waals surface area contributed by atoms with Gasteiger partial charge in [-0.3, -0.25) is 0 Å². The van der Waals surface area contributed by atoms with Crippen molar-refractivity contribution in [1.82, 2.24) is 5.32 Å². The molecule has 1 aliphatic rings. The molecular formula is C8H9F2NS. The van der Waals surface area contributed by atoms with Crippen LogP contribution in [0, 0.1) is 0 Å². The molecule has 1 aromatic heterocycles. The van der Waals surface area contributed by atoms with Gasteiger partial charge in [0.15, 0.2) is 0 Å². The number of halogens is 2. The molecule has 1 nitrogen and oxygen atoms in total. The molecule has 2 heterocycles. The average Bonchev–Trinajstić information content (AvgIpc) is 2.42. The molecule has 0 spiro atoms. The average molecular weight is 189 g/mol. The first-order chi connectivity index (χ1) is 5.70. The molecule has 0 radical (unpaired) electrons. The Labute approximate surface area is 73.4 Å². The van der Waals surface area contributed by atoms with Gasteiger partial charge in [-0.25, -0.2) is 8.78 Å². The predicted molar refractivity (Wildman–Crippen MR) is 44.5 cm³/mol. The first kappa shape index (κ1) is 8.13. The second-order valence-electron chi connectivity index (χ2n) is 2.91. The molecule has 66 valence electrons. The fourth-order valence-corrected chi connectivity index (χ4v) is 2.31. The van der Waals surface area contributed by atoms with Crippen LogP contribution in [0.2, 0.25) is 0 Å². The van der Waals surface area contributed by atoms with Crippen molar-refractivity contribution < 1.29 is 8.78 Å². The summed E-state index contributed by atoms with van der Waals surface area (Å²) in [5, 5.41) is 4.70. The van der Waals surface area contributed by atoms with Gasteiger partial charge in [0.2, 0.25) is 0 Å². The number of alkyl halides is 2. The summed E-state index contributed by atoms with van der Waals surface area (Å²) in [6, 6.07) is 1.77. The van der Waals surface area contributed by atoms with Gasteiger partial charge in [0.05, 0.1) is 4.88 Å². The zero-order valence-electron chi connectivity index (χ0n) is 6.44. The molecule has 1 aliphatic heterocycles. The maximum atomic E-state index is 13.3. The van der Waals surface area contributed by atoms with Crippen molar-refractivity contribution in [2.75, 3.05) is 6.54 Å². The highest BCUT2D eigenvalue weighted by molar-refractivity contribution is 7.10. The minimum absolute atomic E-state index is 0.0828. The molecular weight excluding hydrogens is 180 g/mol. The number of fused-ring (bicyclic) bond motifs is 1. The molecule has 12 heavy (non-hydrogen) atoms. The molecule has 0 saturated carbocycles. The smallest absolute Gasteiger partial charge is 0.283 e. The Kier molecular flexibility index (Phi) is 1.88. The summed E-state index contributed by atoms with van der Waals surface area (Å²) in [5.74, 6) is -2.62. The summed E-state index contributed by atoms with van der Waals surface area (Å²) in [4.78, 5) is 0.243. The summed E-state index contributed by atoms with van der Waals surface area (Å²) in [7, 11) is 0. The number of thiophene rings is 1. The third-order valence-electron chi connectivity index (χ3n) is 2.01. The monoisotopic (exact) mass is 189 g/mol. The van der Waals surface area contributed by atoms with Gasteiger partial charge in [0, 0.05) is 19.5 Å². The Morgan fingerprint density at radius 3 is 3.17 bits per heavy atom. The van der Waals surface area contributed by atoms with Crippen LogP contribution in [0.15, 0.2) is 11.4 Å². The van der Waals surface area contributed by atoms with E-state index in [4.69, 9.17) is 0 Å². The third kappa shape index (κ3) is 1.25. The van der Waals surface area contributed by atoms with Gasteiger partial charge in [-0.2, -0.15) is 0 Å². The zero-order valence-corrected chi connectivity index (χ0v) is 7.26. The van der Waals surface area contributed by atoms with Gasteiger partial charge in [-0.05, 0) is 17.0 Å². The van der Waals surface area contributed by atoms with Crippen molar-refractivity contribution in [2.45, 2.75) is 18.9 Å². The molecule has 0 atom stereocenters. The highest BCUT2D eigenvalue weighted by atomic mass is 32.1. The first-order valence-electron chi connectivity index (χ1n) is 3.85. The Morgan fingerprint density at radius 1 is 1.50 bits per heavy atom. The Morgan fingerprint density at radius 2 is 2.33 bits per heavy atom. The van der Waals surface area contributed by atoms with Crippen LogP contribution >= 0.6 is 11.3 Å². The quantitative estimate of drug-likeness (QED) is 0.660. The molecule has 1 N–H and O–H groups in total. The summed E-state index contributed by atoms with van der Waals surface area (Å²) in [6.45, 7) is 0.975. The van der Waals surface area contributed by atoms with Crippen molar-refractivity contribution in [1.29, 1.82) is 0 Å². The minimum atomic E-state index is -2.62. The zero-order chi connectivity index (χ0) is 8.60. The van der Waals surface area contributed by atoms with E-state index in [9.17, 15) is 8.78 Å². The minimum Gasteiger partial charge on any atom is -0.312 e. The maximum Gasteiger partial charge on any atom is 0.283 e. The summed E-state index contributed by atoms with van der Waals surface area (Å²) >= 11 is 1.16. The molecule has 0 fully saturated rings. The molecule has 0 amide bonds. The fourth-order valence-electron chi connectivity index (χ4n) is 1.38. The molecule has 0 aromatic carbocycles. The number of nitrogens with one attached hydrogen (secondary N) is 1. The Balaban J connectivity index is 2.43. The normalized spacial score (nSPS) is 21.5. The predicted octanol–water partition coefficient (Wildman–Crippen LogP) is 2.33. The van der Waals surface area contributed by atoms with E-state index >= 15 is 0 Å². The van der Waals surface area contributed by atoms with Crippen molar-refractivity contribution in [3.8, 4) is 0 Å². The molecule has 0 saturated heterocycles. The van der Waals surface area contributed by atoms with E-state index in [1.807, 2.05) is 0 Å². The maximum absolute atomic E-state index is 13.3. The van der Waals surface area contributed by atoms with Gasteiger partial charge in [0.1, 0.15) is 0 Å². The molecule has 0 unspecified atom stereocenters. The largest absolute Gasteiger partial charge is 0.312 e. The third-order valence-corrected chi connectivity index (χ3v) is 3.08. The summed E-state index contributed by atoms with van der Waals surface area (Å²) < 4.78 is 26.5. The highest BCUT2D eigenvalue weighted by Gasteiger charge is 2.36. The van der Waals surface area contributed by atoms with Crippen LogP contribution in [0.4, 0.5) is 8.78 Å². The fraction of sp³-hybridized carbons (Fsp3) is 0.500. The van der Waals surface area contributed by atoms with E-state index in [0.29, 0.717) is 13.1 Å². The lowest BCUT2D eigenvalue weighted by molar-refractivity contribution is -0.00683. The standard InChI is InChI=1S/C8H9F2NS/c9-8(10)2-3-11-5-6-1-4-12-7(6)8/h1,4,11H,2-3,5H2. The number of hydrogen-bond acceptors (Lipinski definition) is 2. The Hall–Kier alpha value is -0.480. The molecule has 0 bridgehead atoms. The number of hydrogen-bond donors (Lipinski definition) is 1. The van der Waals surface area contributed by atoms with Crippen LogP contribution in [0.5, 0.6) is 0 Å². The van der Waals surface area contributed by atoms with Crippen LogP contribution in [0.3, 0.4) is 0 Å². The van der Waals surface area contributed by atoms with E-state index in [-0.39, 0.29) is 11.3 Å². The van der Waals surface area contributed by atoms with Gasteiger partial charge in [-0.15, -0.1) is 11.3 Å². The second kappa shape index (κ2) is 2.78. The van der Waals surface area contributed by atoms with Crippen LogP contribution in [0.1, 0.15) is 16.9 Å². The van der Waals surface area contributed by atoms with E-state index in [1.54, 1.807) is 11.4 Å². The van der Waals surface area contributed by atoms with Crippen LogP contribution in [-0.4, -0.2) is 6.54 Å². The van der Waals surface area contributed by atoms with Gasteiger partial charge in [0.25, 0.3) is 5.92 Å². The van der Waals surface area contributed by atoms with E-state index < -0.39 is 5.92 Å². The summed E-state index contributed by atoms with van der Waals surface area (Å²) in [5.41, 5.74) is 0.752. The molecule has 1 aromatic rings. The molecule has 0 aliphatic carbocycles.